The molecule has 1 aromatic carbocycles. The van der Waals surface area contributed by atoms with Crippen molar-refractivity contribution in [3.05, 3.63) is 41.6 Å². The van der Waals surface area contributed by atoms with Gasteiger partial charge in [0.05, 0.1) is 22.3 Å². The zero-order chi connectivity index (χ0) is 19.4. The van der Waals surface area contributed by atoms with Gasteiger partial charge in [0.15, 0.2) is 5.13 Å². The van der Waals surface area contributed by atoms with Crippen molar-refractivity contribution in [2.75, 3.05) is 10.6 Å². The number of carbonyl (C=O) groups excluding carboxylic acids is 1. The van der Waals surface area contributed by atoms with Gasteiger partial charge in [0, 0.05) is 22.8 Å². The Labute approximate surface area is 167 Å². The van der Waals surface area contributed by atoms with E-state index in [1.54, 1.807) is 13.1 Å². The molecule has 2 heterocycles. The minimum atomic E-state index is -0.404. The van der Waals surface area contributed by atoms with Crippen molar-refractivity contribution < 1.29 is 4.79 Å². The molecule has 2 N–H and O–H groups in total. The maximum atomic E-state index is 11.0. The third-order valence-electron chi connectivity index (χ3n) is 3.61. The van der Waals surface area contributed by atoms with E-state index < -0.39 is 6.04 Å². The lowest BCUT2D eigenvalue weighted by Gasteiger charge is -2.11. The summed E-state index contributed by atoms with van der Waals surface area (Å²) in [5, 5.41) is 7.72. The Morgan fingerprint density at radius 3 is 2.56 bits per heavy atom. The van der Waals surface area contributed by atoms with E-state index in [9.17, 15) is 4.79 Å². The molecule has 0 saturated carbocycles. The van der Waals surface area contributed by atoms with E-state index >= 15 is 0 Å². The van der Waals surface area contributed by atoms with Gasteiger partial charge in [-0.25, -0.2) is 15.0 Å². The third kappa shape index (κ3) is 4.81. The number of aldehydes is 1. The predicted octanol–water partition coefficient (Wildman–Crippen LogP) is 4.74. The zero-order valence-corrected chi connectivity index (χ0v) is 16.8. The fourth-order valence-corrected chi connectivity index (χ4v) is 3.54. The van der Waals surface area contributed by atoms with Crippen LogP contribution in [-0.2, 0) is 4.79 Å². The van der Waals surface area contributed by atoms with E-state index in [0.717, 1.165) is 27.6 Å². The van der Waals surface area contributed by atoms with Crippen molar-refractivity contribution in [3.63, 3.8) is 0 Å². The first-order valence-electron chi connectivity index (χ1n) is 8.55. The highest BCUT2D eigenvalue weighted by atomic mass is 35.5. The number of carbonyl (C=O) groups is 1. The average Bonchev–Trinajstić information content (AvgIpc) is 3.09. The lowest BCUT2D eigenvalue weighted by molar-refractivity contribution is -0.108. The highest BCUT2D eigenvalue weighted by Gasteiger charge is 2.14. The molecule has 0 aliphatic carbocycles. The van der Waals surface area contributed by atoms with Crippen molar-refractivity contribution in [2.45, 2.75) is 32.9 Å². The summed E-state index contributed by atoms with van der Waals surface area (Å²) >= 11 is 7.86. The van der Waals surface area contributed by atoms with Crippen LogP contribution in [0, 0.1) is 0 Å². The molecule has 0 fully saturated rings. The minimum absolute atomic E-state index is 0.291. The normalized spacial score (nSPS) is 12.0. The quantitative estimate of drug-likeness (QED) is 0.556. The first kappa shape index (κ1) is 19.3. The maximum absolute atomic E-state index is 11.0. The molecule has 1 atom stereocenters. The number of hydrogen-bond donors (Lipinski definition) is 2. The summed E-state index contributed by atoms with van der Waals surface area (Å²) < 4.78 is 0. The second-order valence-corrected chi connectivity index (χ2v) is 7.78. The van der Waals surface area contributed by atoms with E-state index in [1.807, 2.05) is 30.3 Å². The fraction of sp³-hybridized carbons (Fsp3) is 0.263. The molecule has 0 unspecified atom stereocenters. The van der Waals surface area contributed by atoms with Crippen LogP contribution in [0.3, 0.4) is 0 Å². The van der Waals surface area contributed by atoms with Crippen LogP contribution in [0.2, 0.25) is 5.02 Å². The van der Waals surface area contributed by atoms with Crippen LogP contribution < -0.4 is 10.6 Å². The summed E-state index contributed by atoms with van der Waals surface area (Å²) in [6.45, 7) is 5.86. The summed E-state index contributed by atoms with van der Waals surface area (Å²) in [4.78, 5) is 25.4. The van der Waals surface area contributed by atoms with E-state index in [0.29, 0.717) is 22.7 Å². The molecular formula is C19H20ClN5OS. The molecule has 6 nitrogen and oxygen atoms in total. The van der Waals surface area contributed by atoms with E-state index in [4.69, 9.17) is 11.6 Å². The Bertz CT molecular complexity index is 943. The largest absolute Gasteiger partial charge is 0.359 e. The number of nitrogens with one attached hydrogen (secondary N) is 2. The van der Waals surface area contributed by atoms with E-state index in [2.05, 4.69) is 39.4 Å². The Kier molecular flexibility index (Phi) is 6.03. The molecular weight excluding hydrogens is 382 g/mol. The lowest BCUT2D eigenvalue weighted by atomic mass is 10.1. The summed E-state index contributed by atoms with van der Waals surface area (Å²) in [6, 6.07) is 9.26. The number of benzene rings is 1. The Morgan fingerprint density at radius 1 is 1.11 bits per heavy atom. The molecule has 0 radical (unpaired) electrons. The number of halogens is 1. The van der Waals surface area contributed by atoms with Gasteiger partial charge in [0.2, 0.25) is 5.95 Å². The van der Waals surface area contributed by atoms with Crippen molar-refractivity contribution in [1.29, 1.82) is 0 Å². The summed E-state index contributed by atoms with van der Waals surface area (Å²) in [6.07, 6.45) is 2.59. The van der Waals surface area contributed by atoms with Gasteiger partial charge >= 0.3 is 0 Å². The second kappa shape index (κ2) is 8.45. The van der Waals surface area contributed by atoms with Gasteiger partial charge in [-0.15, -0.1) is 0 Å². The van der Waals surface area contributed by atoms with Crippen LogP contribution in [-0.4, -0.2) is 33.3 Å². The Hall–Kier alpha value is -2.51. The third-order valence-corrected chi connectivity index (χ3v) is 4.89. The molecule has 8 heteroatoms. The molecule has 27 heavy (non-hydrogen) atoms. The molecule has 0 aliphatic rings. The van der Waals surface area contributed by atoms with E-state index in [-0.39, 0.29) is 0 Å². The molecule has 3 rings (SSSR count). The molecule has 2 aromatic heterocycles. The van der Waals surface area contributed by atoms with Crippen LogP contribution in [0.1, 0.15) is 20.8 Å². The molecule has 3 aromatic rings. The number of hydrogen-bond acceptors (Lipinski definition) is 7. The van der Waals surface area contributed by atoms with Crippen molar-refractivity contribution in [3.8, 4) is 21.8 Å². The zero-order valence-electron chi connectivity index (χ0n) is 15.2. The summed E-state index contributed by atoms with van der Waals surface area (Å²) in [5.74, 6) is 0.369. The highest BCUT2D eigenvalue weighted by molar-refractivity contribution is 7.18. The first-order valence-corrected chi connectivity index (χ1v) is 9.74. The van der Waals surface area contributed by atoms with Gasteiger partial charge in [-0.2, -0.15) is 0 Å². The van der Waals surface area contributed by atoms with Crippen molar-refractivity contribution in [2.24, 2.45) is 0 Å². The monoisotopic (exact) mass is 401 g/mol. The minimum Gasteiger partial charge on any atom is -0.359 e. The van der Waals surface area contributed by atoms with Gasteiger partial charge in [0.25, 0.3) is 0 Å². The number of anilines is 2. The summed E-state index contributed by atoms with van der Waals surface area (Å²) in [5.41, 5.74) is 2.20. The molecule has 0 spiro atoms. The molecule has 0 amide bonds. The van der Waals surface area contributed by atoms with Crippen LogP contribution in [0.25, 0.3) is 21.8 Å². The number of nitrogens with zero attached hydrogens (tertiary/aromatic N) is 3. The van der Waals surface area contributed by atoms with Gasteiger partial charge in [-0.05, 0) is 32.9 Å². The van der Waals surface area contributed by atoms with Crippen LogP contribution >= 0.6 is 22.9 Å². The number of rotatable bonds is 7. The Morgan fingerprint density at radius 2 is 1.85 bits per heavy atom. The van der Waals surface area contributed by atoms with Gasteiger partial charge in [-0.1, -0.05) is 41.1 Å². The lowest BCUT2D eigenvalue weighted by Crippen LogP contribution is -2.18. The summed E-state index contributed by atoms with van der Waals surface area (Å²) in [7, 11) is 0. The fourth-order valence-electron chi connectivity index (χ4n) is 2.39. The molecule has 0 aliphatic heterocycles. The van der Waals surface area contributed by atoms with Gasteiger partial charge in [0.1, 0.15) is 6.29 Å². The highest BCUT2D eigenvalue weighted by Crippen LogP contribution is 2.33. The number of thiazole rings is 1. The van der Waals surface area contributed by atoms with Crippen LogP contribution in [0.5, 0.6) is 0 Å². The smallest absolute Gasteiger partial charge is 0.224 e. The van der Waals surface area contributed by atoms with E-state index in [1.165, 1.54) is 11.3 Å². The van der Waals surface area contributed by atoms with Crippen LogP contribution in [0.15, 0.2) is 36.5 Å². The first-order chi connectivity index (χ1) is 13.0. The van der Waals surface area contributed by atoms with Crippen LogP contribution in [0.4, 0.5) is 11.1 Å². The SMILES string of the molecule is CC(C)Nc1ncc(-c2cc(-c3ccccc3Cl)nc(N[C@@H](C)C=O)n2)s1. The van der Waals surface area contributed by atoms with Gasteiger partial charge in [-0.3, -0.25) is 0 Å². The maximum Gasteiger partial charge on any atom is 0.224 e. The molecule has 0 bridgehead atoms. The van der Waals surface area contributed by atoms with Crippen molar-refractivity contribution in [1.82, 2.24) is 15.0 Å². The van der Waals surface area contributed by atoms with Gasteiger partial charge < -0.3 is 15.4 Å². The standard InChI is InChI=1S/C19H20ClN5OS/c1-11(2)22-19-21-9-17(27-19)16-8-15(13-6-4-5-7-14(13)20)24-18(25-16)23-12(3)10-26/h4-12H,1-3H3,(H,21,22)(H,23,24,25)/t12-/m0/s1. The molecule has 0 saturated heterocycles. The molecule has 140 valence electrons. The number of aromatic nitrogens is 3. The Balaban J connectivity index is 2.06. The average molecular weight is 402 g/mol. The topological polar surface area (TPSA) is 79.8 Å². The second-order valence-electron chi connectivity index (χ2n) is 6.34. The van der Waals surface area contributed by atoms with Crippen molar-refractivity contribution >= 4 is 40.3 Å². The predicted molar refractivity (Wildman–Crippen MR) is 111 cm³/mol.